The third-order valence-electron chi connectivity index (χ3n) is 8.63. The van der Waals surface area contributed by atoms with E-state index in [0.29, 0.717) is 18.7 Å². The number of fused-ring (bicyclic) bond motifs is 3. The lowest BCUT2D eigenvalue weighted by Gasteiger charge is -2.32. The molecule has 3 N–H and O–H groups in total. The number of imide groups is 1. The number of phenolic OH excluding ortho intramolecular Hbond substituents is 1. The lowest BCUT2D eigenvalue weighted by molar-refractivity contribution is -0.122. The summed E-state index contributed by atoms with van der Waals surface area (Å²) in [7, 11) is -1.68. The molecule has 2 aliphatic heterocycles. The number of aromatic hydroxyl groups is 1. The van der Waals surface area contributed by atoms with Gasteiger partial charge in [-0.15, -0.1) is 0 Å². The average molecular weight is 622 g/mol. The highest BCUT2D eigenvalue weighted by molar-refractivity contribution is 9.10. The maximum absolute atomic E-state index is 13.8. The quantitative estimate of drug-likeness (QED) is 0.193. The normalized spacial score (nSPS) is 24.2. The smallest absolute Gasteiger partial charge is 0.488 e. The molecular weight excluding hydrogens is 585 g/mol. The largest absolute Gasteiger partial charge is 0.507 e. The van der Waals surface area contributed by atoms with Gasteiger partial charge in [-0.3, -0.25) is 14.5 Å². The highest BCUT2D eigenvalue weighted by Crippen LogP contribution is 2.51. The fourth-order valence-electron chi connectivity index (χ4n) is 6.86. The molecule has 9 heteroatoms. The van der Waals surface area contributed by atoms with Gasteiger partial charge in [0, 0.05) is 16.0 Å². The van der Waals surface area contributed by atoms with Crippen LogP contribution in [0.1, 0.15) is 64.4 Å². The van der Waals surface area contributed by atoms with Crippen LogP contribution >= 0.6 is 15.9 Å². The molecule has 2 aromatic rings. The summed E-state index contributed by atoms with van der Waals surface area (Å²) in [6.07, 6.45) is 7.82. The topological polar surface area (TPSA) is 107 Å². The molecule has 0 aromatic heterocycles. The van der Waals surface area contributed by atoms with Crippen LogP contribution in [-0.4, -0.2) is 46.8 Å². The van der Waals surface area contributed by atoms with E-state index in [1.807, 2.05) is 12.1 Å². The summed E-state index contributed by atoms with van der Waals surface area (Å²) in [4.78, 5) is 28.7. The average Bonchev–Trinajstić information content (AvgIpc) is 3.48. The molecule has 41 heavy (non-hydrogen) atoms. The number of anilines is 1. The first-order valence-electron chi connectivity index (χ1n) is 14.6. The van der Waals surface area contributed by atoms with Crippen molar-refractivity contribution in [3.63, 3.8) is 0 Å². The molecule has 7 nitrogen and oxygen atoms in total. The van der Waals surface area contributed by atoms with Crippen LogP contribution in [0, 0.1) is 17.8 Å². The van der Waals surface area contributed by atoms with Crippen molar-refractivity contribution in [2.45, 2.75) is 64.9 Å². The second kappa shape index (κ2) is 12.7. The fraction of sp³-hybridized carbons (Fsp3) is 0.438. The third-order valence-corrected chi connectivity index (χ3v) is 9.13. The van der Waals surface area contributed by atoms with Crippen LogP contribution in [0.15, 0.2) is 63.7 Å². The lowest BCUT2D eigenvalue weighted by atomic mass is 9.68. The molecule has 0 spiro atoms. The summed E-state index contributed by atoms with van der Waals surface area (Å²) in [5, 5.41) is 29.6. The van der Waals surface area contributed by atoms with Crippen LogP contribution in [0.3, 0.4) is 0 Å². The number of nitrogens with zero attached hydrogens (tertiary/aromatic N) is 1. The number of hydrogen-bond acceptors (Lipinski definition) is 6. The Labute approximate surface area is 250 Å². The minimum absolute atomic E-state index is 0.108. The van der Waals surface area contributed by atoms with E-state index in [0.717, 1.165) is 48.6 Å². The van der Waals surface area contributed by atoms with Gasteiger partial charge in [-0.2, -0.15) is 0 Å². The Hall–Kier alpha value is -2.72. The summed E-state index contributed by atoms with van der Waals surface area (Å²) in [5.41, 5.74) is 5.08. The van der Waals surface area contributed by atoms with Crippen LogP contribution in [0.4, 0.5) is 5.69 Å². The van der Waals surface area contributed by atoms with Gasteiger partial charge in [-0.25, -0.2) is 0 Å². The predicted octanol–water partition coefficient (Wildman–Crippen LogP) is 5.12. The van der Waals surface area contributed by atoms with Gasteiger partial charge >= 0.3 is 7.12 Å². The maximum atomic E-state index is 13.8. The van der Waals surface area contributed by atoms with E-state index in [4.69, 9.17) is 4.74 Å². The van der Waals surface area contributed by atoms with Crippen LogP contribution < -0.4 is 10.4 Å². The van der Waals surface area contributed by atoms with Crippen molar-refractivity contribution in [3.8, 4) is 5.75 Å². The van der Waals surface area contributed by atoms with Gasteiger partial charge in [0.15, 0.2) is 0 Å². The van der Waals surface area contributed by atoms with E-state index in [2.05, 4.69) is 35.9 Å². The number of halogens is 1. The Morgan fingerprint density at radius 2 is 1.88 bits per heavy atom. The van der Waals surface area contributed by atoms with Crippen molar-refractivity contribution in [1.29, 1.82) is 0 Å². The van der Waals surface area contributed by atoms with Crippen molar-refractivity contribution in [1.82, 2.24) is 0 Å². The van der Waals surface area contributed by atoms with Crippen LogP contribution in [0.5, 0.6) is 5.75 Å². The number of hydrogen-bond donors (Lipinski definition) is 3. The number of amides is 2. The SMILES string of the molecule is CCCC1=C2[C@@H](CC/C(=C/c3cc(Br)ccc3O)CCC)OC[C@@H]2[C@@H]2C(=O)N(c3cccc(B(O)O)c3)C(=O)[C@@H]2C1. The second-order valence-electron chi connectivity index (χ2n) is 11.3. The minimum atomic E-state index is -1.68. The zero-order valence-electron chi connectivity index (χ0n) is 23.6. The molecular formula is C32H37BBrNO6. The van der Waals surface area contributed by atoms with E-state index < -0.39 is 19.0 Å². The standard InChI is InChI=1S/C32H37BBrNO6/c1-3-6-19(14-21-15-23(34)11-12-27(21)36)10-13-28-29-20(7-4-2)16-25-30(26(29)18-41-28)32(38)35(31(25)37)24-9-5-8-22(17-24)33(39)40/h5,8-9,11-12,14-15,17,25-26,28,30,36,39-40H,3-4,6-7,10,13,16,18H2,1-2H3/b19-14+/t25-,26+,28-,30-/m1/s1. The molecule has 2 saturated heterocycles. The van der Waals surface area contributed by atoms with Crippen molar-refractivity contribution in [2.24, 2.45) is 17.8 Å². The van der Waals surface area contributed by atoms with Gasteiger partial charge in [0.05, 0.1) is 30.2 Å². The van der Waals surface area contributed by atoms with Gasteiger partial charge in [0.25, 0.3) is 0 Å². The molecule has 0 unspecified atom stereocenters. The molecule has 3 aliphatic rings. The summed E-state index contributed by atoms with van der Waals surface area (Å²) in [6, 6.07) is 11.8. The number of carbonyl (C=O) groups is 2. The van der Waals surface area contributed by atoms with Crippen LogP contribution in [0.25, 0.3) is 6.08 Å². The number of allylic oxidation sites excluding steroid dienone is 2. The first kappa shape index (κ1) is 29.8. The van der Waals surface area contributed by atoms with Gasteiger partial charge in [0.2, 0.25) is 11.8 Å². The summed E-state index contributed by atoms with van der Waals surface area (Å²) < 4.78 is 7.30. The Kier molecular flexibility index (Phi) is 9.19. The van der Waals surface area contributed by atoms with E-state index in [1.165, 1.54) is 27.7 Å². The zero-order valence-corrected chi connectivity index (χ0v) is 25.1. The molecule has 2 heterocycles. The second-order valence-corrected chi connectivity index (χ2v) is 12.3. The zero-order chi connectivity index (χ0) is 29.3. The molecule has 5 rings (SSSR count). The van der Waals surface area contributed by atoms with Gasteiger partial charge < -0.3 is 19.9 Å². The fourth-order valence-corrected chi connectivity index (χ4v) is 7.24. The Balaban J connectivity index is 1.40. The summed E-state index contributed by atoms with van der Waals surface area (Å²) >= 11 is 3.49. The number of phenols is 1. The Morgan fingerprint density at radius 1 is 1.07 bits per heavy atom. The molecule has 1 aliphatic carbocycles. The molecule has 2 fully saturated rings. The third kappa shape index (κ3) is 5.96. The van der Waals surface area contributed by atoms with Crippen molar-refractivity contribution in [3.05, 3.63) is 69.2 Å². The monoisotopic (exact) mass is 621 g/mol. The lowest BCUT2D eigenvalue weighted by Crippen LogP contribution is -2.35. The Morgan fingerprint density at radius 3 is 2.61 bits per heavy atom. The first-order valence-corrected chi connectivity index (χ1v) is 15.4. The minimum Gasteiger partial charge on any atom is -0.507 e. The summed E-state index contributed by atoms with van der Waals surface area (Å²) in [5.74, 6) is -1.25. The number of benzene rings is 2. The summed E-state index contributed by atoms with van der Waals surface area (Å²) in [6.45, 7) is 4.69. The number of ether oxygens (including phenoxy) is 1. The van der Waals surface area contributed by atoms with E-state index in [1.54, 1.807) is 24.3 Å². The number of carbonyl (C=O) groups excluding carboxylic acids is 2. The maximum Gasteiger partial charge on any atom is 0.488 e. The van der Waals surface area contributed by atoms with Crippen molar-refractivity contribution >= 4 is 52.1 Å². The van der Waals surface area contributed by atoms with E-state index in [-0.39, 0.29) is 35.0 Å². The van der Waals surface area contributed by atoms with E-state index >= 15 is 0 Å². The predicted molar refractivity (Wildman–Crippen MR) is 163 cm³/mol. The number of rotatable bonds is 10. The van der Waals surface area contributed by atoms with Crippen LogP contribution in [-0.2, 0) is 14.3 Å². The molecule has 2 aromatic carbocycles. The van der Waals surface area contributed by atoms with Crippen molar-refractivity contribution in [2.75, 3.05) is 11.5 Å². The molecule has 0 saturated carbocycles. The molecule has 0 bridgehead atoms. The van der Waals surface area contributed by atoms with Gasteiger partial charge in [-0.05, 0) is 73.5 Å². The van der Waals surface area contributed by atoms with Gasteiger partial charge in [0.1, 0.15) is 5.75 Å². The molecule has 4 atom stereocenters. The van der Waals surface area contributed by atoms with Crippen LogP contribution in [0.2, 0.25) is 0 Å². The Bertz CT molecular complexity index is 1390. The highest BCUT2D eigenvalue weighted by Gasteiger charge is 2.57. The molecule has 0 radical (unpaired) electrons. The molecule has 2 amide bonds. The van der Waals surface area contributed by atoms with Crippen molar-refractivity contribution < 1.29 is 29.5 Å². The van der Waals surface area contributed by atoms with E-state index in [9.17, 15) is 24.7 Å². The highest BCUT2D eigenvalue weighted by atomic mass is 79.9. The van der Waals surface area contributed by atoms with Gasteiger partial charge in [-0.1, -0.05) is 72.0 Å². The molecule has 216 valence electrons. The first-order chi connectivity index (χ1) is 19.7.